The minimum atomic E-state index is 0.315. The second-order valence-corrected chi connectivity index (χ2v) is 3.94. The van der Waals surface area contributed by atoms with E-state index >= 15 is 0 Å². The number of nitrogens with two attached hydrogens (primary N) is 1. The molecule has 1 aliphatic rings. The fraction of sp³-hybridized carbons (Fsp3) is 0.600. The van der Waals surface area contributed by atoms with Crippen LogP contribution in [0.15, 0.2) is 6.07 Å². The van der Waals surface area contributed by atoms with Crippen LogP contribution in [-0.2, 0) is 0 Å². The van der Waals surface area contributed by atoms with Gasteiger partial charge in [-0.25, -0.2) is 0 Å². The van der Waals surface area contributed by atoms with Crippen LogP contribution in [0.25, 0.3) is 0 Å². The second-order valence-electron chi connectivity index (χ2n) is 3.94. The highest BCUT2D eigenvalue weighted by molar-refractivity contribution is 5.53. The predicted molar refractivity (Wildman–Crippen MR) is 65.7 cm³/mol. The maximum Gasteiger partial charge on any atom is 0.223 e. The number of hydrogen-bond donors (Lipinski definition) is 3. The number of nitrogens with zero attached hydrogens (tertiary/aromatic N) is 3. The van der Waals surface area contributed by atoms with Crippen molar-refractivity contribution >= 4 is 17.6 Å². The molecule has 0 unspecified atom stereocenters. The van der Waals surface area contributed by atoms with Crippen molar-refractivity contribution in [2.24, 2.45) is 0 Å². The normalized spacial score (nSPS) is 20.1. The van der Waals surface area contributed by atoms with E-state index < -0.39 is 0 Å². The first-order valence-electron chi connectivity index (χ1n) is 5.47. The first-order chi connectivity index (χ1) is 7.72. The lowest BCUT2D eigenvalue weighted by Crippen LogP contribution is -2.30. The lowest BCUT2D eigenvalue weighted by Gasteiger charge is -2.18. The highest BCUT2D eigenvalue weighted by Crippen LogP contribution is 2.21. The molecule has 0 radical (unpaired) electrons. The molecule has 1 aromatic heterocycles. The molecule has 4 N–H and O–H groups in total. The Bertz CT molecular complexity index is 366. The molecule has 16 heavy (non-hydrogen) atoms. The number of nitrogens with one attached hydrogen (secondary N) is 2. The molecule has 1 fully saturated rings. The largest absolute Gasteiger partial charge is 0.373 e. The van der Waals surface area contributed by atoms with Crippen molar-refractivity contribution in [1.82, 2.24) is 15.3 Å². The number of nitrogen functional groups attached to an aromatic ring is 1. The molecule has 1 aliphatic heterocycles. The van der Waals surface area contributed by atoms with Gasteiger partial charge in [-0.05, 0) is 13.5 Å². The molecule has 1 aromatic rings. The lowest BCUT2D eigenvalue weighted by atomic mass is 10.3. The van der Waals surface area contributed by atoms with Crippen LogP contribution >= 0.6 is 0 Å². The minimum Gasteiger partial charge on any atom is -0.373 e. The molecule has 1 saturated heterocycles. The van der Waals surface area contributed by atoms with Gasteiger partial charge in [-0.3, -0.25) is 0 Å². The molecular weight excluding hydrogens is 204 g/mol. The summed E-state index contributed by atoms with van der Waals surface area (Å²) in [6.45, 7) is 1.97. The van der Waals surface area contributed by atoms with E-state index in [0.717, 1.165) is 31.1 Å². The molecule has 6 nitrogen and oxygen atoms in total. The molecular formula is C10H18N6. The quantitative estimate of drug-likeness (QED) is 0.663. The van der Waals surface area contributed by atoms with Crippen LogP contribution in [0.3, 0.4) is 0 Å². The molecule has 88 valence electrons. The summed E-state index contributed by atoms with van der Waals surface area (Å²) in [6, 6.07) is 2.46. The maximum atomic E-state index is 5.67. The Kier molecular flexibility index (Phi) is 3.09. The van der Waals surface area contributed by atoms with Crippen molar-refractivity contribution in [3.63, 3.8) is 0 Å². The zero-order chi connectivity index (χ0) is 11.5. The number of hydrogen-bond acceptors (Lipinski definition) is 6. The molecule has 0 aliphatic carbocycles. The van der Waals surface area contributed by atoms with Crippen LogP contribution in [0.1, 0.15) is 6.42 Å². The smallest absolute Gasteiger partial charge is 0.223 e. The van der Waals surface area contributed by atoms with Gasteiger partial charge in [-0.15, -0.1) is 0 Å². The van der Waals surface area contributed by atoms with Gasteiger partial charge < -0.3 is 21.3 Å². The zero-order valence-corrected chi connectivity index (χ0v) is 9.70. The monoisotopic (exact) mass is 222 g/mol. The average Bonchev–Trinajstić information content (AvgIpc) is 2.76. The standard InChI is InChI=1S/C10H18N6/c1-12-7-3-4-16(6-7)9-5-8(13-2)14-10(11)15-9/h5,7,12H,3-4,6H2,1-2H3,(H3,11,13,14,15)/t7-/m1/s1. The number of aromatic nitrogens is 2. The zero-order valence-electron chi connectivity index (χ0n) is 9.70. The third-order valence-corrected chi connectivity index (χ3v) is 2.91. The first-order valence-corrected chi connectivity index (χ1v) is 5.47. The summed E-state index contributed by atoms with van der Waals surface area (Å²) >= 11 is 0. The van der Waals surface area contributed by atoms with Gasteiger partial charge in [0.05, 0.1) is 0 Å². The molecule has 0 spiro atoms. The van der Waals surface area contributed by atoms with E-state index in [2.05, 4.69) is 25.5 Å². The maximum absolute atomic E-state index is 5.67. The molecule has 0 bridgehead atoms. The number of rotatable bonds is 3. The van der Waals surface area contributed by atoms with Crippen LogP contribution in [0.4, 0.5) is 17.6 Å². The van der Waals surface area contributed by atoms with E-state index in [9.17, 15) is 0 Å². The number of anilines is 3. The topological polar surface area (TPSA) is 79.1 Å². The van der Waals surface area contributed by atoms with Gasteiger partial charge in [-0.1, -0.05) is 0 Å². The predicted octanol–water partition coefficient (Wildman–Crippen LogP) is -0.101. The van der Waals surface area contributed by atoms with Gasteiger partial charge in [0.15, 0.2) is 0 Å². The fourth-order valence-electron chi connectivity index (χ4n) is 1.95. The van der Waals surface area contributed by atoms with Crippen LogP contribution in [0.2, 0.25) is 0 Å². The summed E-state index contributed by atoms with van der Waals surface area (Å²) < 4.78 is 0. The third kappa shape index (κ3) is 2.16. The van der Waals surface area contributed by atoms with E-state index in [1.165, 1.54) is 0 Å². The SMILES string of the molecule is CNc1cc(N2CC[C@@H](NC)C2)nc(N)n1. The van der Waals surface area contributed by atoms with Crippen molar-refractivity contribution in [3.8, 4) is 0 Å². The Morgan fingerprint density at radius 3 is 2.88 bits per heavy atom. The van der Waals surface area contributed by atoms with E-state index in [4.69, 9.17) is 5.73 Å². The van der Waals surface area contributed by atoms with Gasteiger partial charge in [-0.2, -0.15) is 9.97 Å². The van der Waals surface area contributed by atoms with Crippen LogP contribution in [0.5, 0.6) is 0 Å². The lowest BCUT2D eigenvalue weighted by molar-refractivity contribution is 0.616. The number of likely N-dealkylation sites (N-methyl/N-ethyl adjacent to an activating group) is 1. The second kappa shape index (κ2) is 4.52. The molecule has 1 atom stereocenters. The minimum absolute atomic E-state index is 0.315. The molecule has 2 heterocycles. The van der Waals surface area contributed by atoms with E-state index in [0.29, 0.717) is 12.0 Å². The van der Waals surface area contributed by atoms with Gasteiger partial charge in [0.2, 0.25) is 5.95 Å². The average molecular weight is 222 g/mol. The highest BCUT2D eigenvalue weighted by Gasteiger charge is 2.22. The highest BCUT2D eigenvalue weighted by atomic mass is 15.3. The first kappa shape index (κ1) is 10.9. The van der Waals surface area contributed by atoms with Crippen molar-refractivity contribution in [3.05, 3.63) is 6.07 Å². The third-order valence-electron chi connectivity index (χ3n) is 2.91. The van der Waals surface area contributed by atoms with E-state index in [1.54, 1.807) is 0 Å². The molecule has 0 aromatic carbocycles. The molecule has 0 saturated carbocycles. The summed E-state index contributed by atoms with van der Waals surface area (Å²) in [5.41, 5.74) is 5.67. The van der Waals surface area contributed by atoms with Gasteiger partial charge in [0.25, 0.3) is 0 Å². The molecule has 2 rings (SSSR count). The summed E-state index contributed by atoms with van der Waals surface area (Å²) in [5, 5.41) is 6.26. The van der Waals surface area contributed by atoms with Gasteiger partial charge in [0, 0.05) is 32.2 Å². The van der Waals surface area contributed by atoms with Crippen LogP contribution < -0.4 is 21.3 Å². The van der Waals surface area contributed by atoms with Crippen molar-refractivity contribution in [1.29, 1.82) is 0 Å². The summed E-state index contributed by atoms with van der Waals surface area (Å²) in [6.07, 6.45) is 1.13. The molecule has 6 heteroatoms. The Balaban J connectivity index is 2.17. The Labute approximate surface area is 95.3 Å². The Morgan fingerprint density at radius 1 is 1.44 bits per heavy atom. The van der Waals surface area contributed by atoms with E-state index in [1.807, 2.05) is 20.2 Å². The summed E-state index contributed by atoms with van der Waals surface area (Å²) in [7, 11) is 3.81. The summed E-state index contributed by atoms with van der Waals surface area (Å²) in [4.78, 5) is 10.6. The van der Waals surface area contributed by atoms with Crippen molar-refractivity contribution < 1.29 is 0 Å². The molecule has 0 amide bonds. The fourth-order valence-corrected chi connectivity index (χ4v) is 1.95. The van der Waals surface area contributed by atoms with Crippen molar-refractivity contribution in [2.75, 3.05) is 43.1 Å². The van der Waals surface area contributed by atoms with Crippen LogP contribution in [-0.4, -0.2) is 43.2 Å². The van der Waals surface area contributed by atoms with E-state index in [-0.39, 0.29) is 0 Å². The van der Waals surface area contributed by atoms with Gasteiger partial charge in [0.1, 0.15) is 11.6 Å². The Morgan fingerprint density at radius 2 is 2.25 bits per heavy atom. The van der Waals surface area contributed by atoms with Crippen molar-refractivity contribution in [2.45, 2.75) is 12.5 Å². The Hall–Kier alpha value is -1.56. The van der Waals surface area contributed by atoms with Gasteiger partial charge >= 0.3 is 0 Å². The van der Waals surface area contributed by atoms with Crippen LogP contribution in [0, 0.1) is 0 Å². The summed E-state index contributed by atoms with van der Waals surface area (Å²) in [5.74, 6) is 1.97.